The summed E-state index contributed by atoms with van der Waals surface area (Å²) in [6.07, 6.45) is 0. The molecule has 1 aromatic heterocycles. The zero-order valence-electron chi connectivity index (χ0n) is 12.1. The van der Waals surface area contributed by atoms with Crippen LogP contribution in [0.15, 0.2) is 46.9 Å². The van der Waals surface area contributed by atoms with E-state index in [0.717, 1.165) is 10.9 Å². The average molecular weight is 298 g/mol. The van der Waals surface area contributed by atoms with Crippen LogP contribution in [0.3, 0.4) is 0 Å². The number of furan rings is 1. The van der Waals surface area contributed by atoms with Crippen molar-refractivity contribution < 1.29 is 23.8 Å². The number of benzene rings is 2. The Balaban J connectivity index is 2.07. The Morgan fingerprint density at radius 3 is 2.68 bits per heavy atom. The van der Waals surface area contributed by atoms with Crippen LogP contribution in [0.25, 0.3) is 22.3 Å². The SMILES string of the molecule is COc1cc(OC(C)=O)ccc1-c1cc2ccc(O)cc2o1. The van der Waals surface area contributed by atoms with Crippen LogP contribution in [0.5, 0.6) is 17.2 Å². The first-order chi connectivity index (χ1) is 10.6. The molecule has 1 N–H and O–H groups in total. The molecule has 0 fully saturated rings. The lowest BCUT2D eigenvalue weighted by atomic mass is 10.1. The lowest BCUT2D eigenvalue weighted by molar-refractivity contribution is -0.131. The van der Waals surface area contributed by atoms with Gasteiger partial charge < -0.3 is 19.0 Å². The highest BCUT2D eigenvalue weighted by atomic mass is 16.5. The predicted molar refractivity (Wildman–Crippen MR) is 81.2 cm³/mol. The fraction of sp³-hybridized carbons (Fsp3) is 0.118. The van der Waals surface area contributed by atoms with Crippen LogP contribution in [0, 0.1) is 0 Å². The monoisotopic (exact) mass is 298 g/mol. The van der Waals surface area contributed by atoms with Gasteiger partial charge in [-0.1, -0.05) is 0 Å². The smallest absolute Gasteiger partial charge is 0.308 e. The quantitative estimate of drug-likeness (QED) is 0.589. The van der Waals surface area contributed by atoms with Gasteiger partial charge in [-0.05, 0) is 30.3 Å². The van der Waals surface area contributed by atoms with Crippen molar-refractivity contribution in [3.63, 3.8) is 0 Å². The molecule has 2 aromatic carbocycles. The summed E-state index contributed by atoms with van der Waals surface area (Å²) in [7, 11) is 1.53. The fourth-order valence-corrected chi connectivity index (χ4v) is 2.26. The van der Waals surface area contributed by atoms with Gasteiger partial charge in [0.2, 0.25) is 0 Å². The number of phenols is 1. The molecule has 1 heterocycles. The van der Waals surface area contributed by atoms with Crippen LogP contribution < -0.4 is 9.47 Å². The zero-order valence-corrected chi connectivity index (χ0v) is 12.1. The number of fused-ring (bicyclic) bond motifs is 1. The summed E-state index contributed by atoms with van der Waals surface area (Å²) in [5.74, 6) is 1.29. The van der Waals surface area contributed by atoms with Crippen molar-refractivity contribution in [3.8, 4) is 28.6 Å². The molecule has 3 rings (SSSR count). The first-order valence-electron chi connectivity index (χ1n) is 6.66. The second-order valence-corrected chi connectivity index (χ2v) is 4.79. The fourth-order valence-electron chi connectivity index (χ4n) is 2.26. The van der Waals surface area contributed by atoms with E-state index in [1.54, 1.807) is 36.4 Å². The summed E-state index contributed by atoms with van der Waals surface area (Å²) >= 11 is 0. The molecule has 3 aromatic rings. The highest BCUT2D eigenvalue weighted by Crippen LogP contribution is 2.37. The van der Waals surface area contributed by atoms with Crippen molar-refractivity contribution in [2.45, 2.75) is 6.92 Å². The van der Waals surface area contributed by atoms with Gasteiger partial charge in [-0.15, -0.1) is 0 Å². The van der Waals surface area contributed by atoms with E-state index >= 15 is 0 Å². The number of rotatable bonds is 3. The van der Waals surface area contributed by atoms with Crippen LogP contribution >= 0.6 is 0 Å². The van der Waals surface area contributed by atoms with Crippen molar-refractivity contribution in [1.29, 1.82) is 0 Å². The van der Waals surface area contributed by atoms with Crippen molar-refractivity contribution in [1.82, 2.24) is 0 Å². The van der Waals surface area contributed by atoms with Gasteiger partial charge in [0.25, 0.3) is 0 Å². The number of carbonyl (C=O) groups is 1. The van der Waals surface area contributed by atoms with Crippen LogP contribution in [0.2, 0.25) is 0 Å². The van der Waals surface area contributed by atoms with E-state index in [-0.39, 0.29) is 5.75 Å². The van der Waals surface area contributed by atoms with Gasteiger partial charge in [0.1, 0.15) is 28.6 Å². The molecule has 0 aliphatic carbocycles. The second-order valence-electron chi connectivity index (χ2n) is 4.79. The Morgan fingerprint density at radius 2 is 1.95 bits per heavy atom. The molecule has 0 aliphatic rings. The van der Waals surface area contributed by atoms with E-state index in [2.05, 4.69) is 0 Å². The van der Waals surface area contributed by atoms with E-state index in [0.29, 0.717) is 22.8 Å². The number of aromatic hydroxyl groups is 1. The van der Waals surface area contributed by atoms with Gasteiger partial charge in [0, 0.05) is 24.4 Å². The van der Waals surface area contributed by atoms with Gasteiger partial charge in [0.05, 0.1) is 12.7 Å². The summed E-state index contributed by atoms with van der Waals surface area (Å²) in [6.45, 7) is 1.34. The number of carbonyl (C=O) groups excluding carboxylic acids is 1. The first kappa shape index (κ1) is 14.0. The lowest BCUT2D eigenvalue weighted by Crippen LogP contribution is -2.01. The van der Waals surface area contributed by atoms with Crippen molar-refractivity contribution >= 4 is 16.9 Å². The van der Waals surface area contributed by atoms with Gasteiger partial charge in [-0.3, -0.25) is 4.79 Å². The summed E-state index contributed by atoms with van der Waals surface area (Å²) in [6, 6.07) is 11.8. The average Bonchev–Trinajstić information content (AvgIpc) is 2.89. The van der Waals surface area contributed by atoms with Crippen molar-refractivity contribution in [3.05, 3.63) is 42.5 Å². The highest BCUT2D eigenvalue weighted by Gasteiger charge is 2.13. The van der Waals surface area contributed by atoms with E-state index in [9.17, 15) is 9.90 Å². The molecule has 5 nitrogen and oxygen atoms in total. The second kappa shape index (κ2) is 5.44. The molecule has 0 saturated carbocycles. The third-order valence-corrected chi connectivity index (χ3v) is 3.20. The molecular formula is C17H14O5. The van der Waals surface area contributed by atoms with Gasteiger partial charge in [-0.25, -0.2) is 0 Å². The maximum Gasteiger partial charge on any atom is 0.308 e. The van der Waals surface area contributed by atoms with E-state index in [1.807, 2.05) is 6.07 Å². The number of hydrogen-bond donors (Lipinski definition) is 1. The number of esters is 1. The summed E-state index contributed by atoms with van der Waals surface area (Å²) in [5, 5.41) is 10.4. The maximum absolute atomic E-state index is 11.0. The number of phenolic OH excluding ortho intramolecular Hbond substituents is 1. The minimum absolute atomic E-state index is 0.144. The highest BCUT2D eigenvalue weighted by molar-refractivity contribution is 5.85. The Morgan fingerprint density at radius 1 is 1.14 bits per heavy atom. The Kier molecular flexibility index (Phi) is 3.47. The molecule has 0 saturated heterocycles. The zero-order chi connectivity index (χ0) is 15.7. The third-order valence-electron chi connectivity index (χ3n) is 3.20. The predicted octanol–water partition coefficient (Wildman–Crippen LogP) is 3.74. The van der Waals surface area contributed by atoms with Crippen molar-refractivity contribution in [2.75, 3.05) is 7.11 Å². The standard InChI is InChI=1S/C17H14O5/c1-10(18)21-13-5-6-14(16(9-13)20-2)17-7-11-3-4-12(19)8-15(11)22-17/h3-9,19H,1-2H3. The molecule has 0 atom stereocenters. The molecule has 0 spiro atoms. The van der Waals surface area contributed by atoms with Crippen molar-refractivity contribution in [2.24, 2.45) is 0 Å². The van der Waals surface area contributed by atoms with E-state index < -0.39 is 5.97 Å². The molecule has 0 aliphatic heterocycles. The van der Waals surface area contributed by atoms with Crippen LogP contribution in [0.1, 0.15) is 6.92 Å². The number of hydrogen-bond acceptors (Lipinski definition) is 5. The van der Waals surface area contributed by atoms with E-state index in [4.69, 9.17) is 13.9 Å². The van der Waals surface area contributed by atoms with Crippen LogP contribution in [-0.2, 0) is 4.79 Å². The minimum atomic E-state index is -0.394. The summed E-state index contributed by atoms with van der Waals surface area (Å²) in [4.78, 5) is 11.0. The molecule has 0 amide bonds. The van der Waals surface area contributed by atoms with Crippen LogP contribution in [0.4, 0.5) is 0 Å². The number of ether oxygens (including phenoxy) is 2. The molecule has 5 heteroatoms. The Hall–Kier alpha value is -2.95. The molecule has 0 radical (unpaired) electrons. The van der Waals surface area contributed by atoms with Gasteiger partial charge in [-0.2, -0.15) is 0 Å². The molecule has 0 unspecified atom stereocenters. The van der Waals surface area contributed by atoms with E-state index in [1.165, 1.54) is 14.0 Å². The topological polar surface area (TPSA) is 68.9 Å². The molecule has 22 heavy (non-hydrogen) atoms. The van der Waals surface area contributed by atoms with Gasteiger partial charge >= 0.3 is 5.97 Å². The molecule has 0 bridgehead atoms. The maximum atomic E-state index is 11.0. The molecule has 112 valence electrons. The van der Waals surface area contributed by atoms with Gasteiger partial charge in [0.15, 0.2) is 0 Å². The number of methoxy groups -OCH3 is 1. The largest absolute Gasteiger partial charge is 0.508 e. The minimum Gasteiger partial charge on any atom is -0.508 e. The Labute approximate surface area is 126 Å². The summed E-state index contributed by atoms with van der Waals surface area (Å²) in [5.41, 5.74) is 1.32. The molecular weight excluding hydrogens is 284 g/mol. The normalized spacial score (nSPS) is 10.6. The first-order valence-corrected chi connectivity index (χ1v) is 6.66. The van der Waals surface area contributed by atoms with Crippen LogP contribution in [-0.4, -0.2) is 18.2 Å². The summed E-state index contributed by atoms with van der Waals surface area (Å²) < 4.78 is 16.1. The Bertz CT molecular complexity index is 847. The third kappa shape index (κ3) is 2.61. The lowest BCUT2D eigenvalue weighted by Gasteiger charge is -2.08.